The SMILES string of the molecule is CC(C)(C)C1=C(c2ccccc2)C(=O)O[B-]12OC(C)(C)C(C)(C)O2. The van der Waals surface area contributed by atoms with Crippen LogP contribution in [0.25, 0.3) is 5.57 Å². The van der Waals surface area contributed by atoms with Crippen molar-refractivity contribution < 1.29 is 18.8 Å². The fourth-order valence-corrected chi connectivity index (χ4v) is 3.58. The first-order chi connectivity index (χ1) is 10.9. The standard InChI is InChI=1S/C19H26BO4/c1-17(2,3)15-14(13-11-9-8-10-12-13)16(21)22-20(15)23-18(4,5)19(6,7)24-20/h8-12H,1-7H3/q-1. The summed E-state index contributed by atoms with van der Waals surface area (Å²) in [7, 11) is 0. The molecule has 0 aromatic heterocycles. The number of carbonyl (C=O) groups excluding carboxylic acids is 1. The molecule has 1 saturated heterocycles. The van der Waals surface area contributed by atoms with Gasteiger partial charge in [0.2, 0.25) is 0 Å². The van der Waals surface area contributed by atoms with E-state index in [0.717, 1.165) is 11.0 Å². The van der Waals surface area contributed by atoms with Crippen LogP contribution in [0.5, 0.6) is 0 Å². The Morgan fingerprint density at radius 2 is 1.42 bits per heavy atom. The summed E-state index contributed by atoms with van der Waals surface area (Å²) in [5, 5.41) is 0. The van der Waals surface area contributed by atoms with Gasteiger partial charge in [-0.1, -0.05) is 51.1 Å². The summed E-state index contributed by atoms with van der Waals surface area (Å²) in [6, 6.07) is 9.60. The van der Waals surface area contributed by atoms with Crippen molar-refractivity contribution in [2.45, 2.75) is 59.7 Å². The molecule has 1 fully saturated rings. The van der Waals surface area contributed by atoms with Crippen LogP contribution in [0.15, 0.2) is 35.8 Å². The normalized spacial score (nSPS) is 24.5. The van der Waals surface area contributed by atoms with Crippen molar-refractivity contribution in [2.75, 3.05) is 0 Å². The van der Waals surface area contributed by atoms with Gasteiger partial charge in [0, 0.05) is 16.8 Å². The molecule has 1 aromatic rings. The highest BCUT2D eigenvalue weighted by Crippen LogP contribution is 2.53. The second-order valence-corrected chi connectivity index (χ2v) is 8.71. The Morgan fingerprint density at radius 1 is 0.917 bits per heavy atom. The van der Waals surface area contributed by atoms with E-state index in [9.17, 15) is 4.79 Å². The summed E-state index contributed by atoms with van der Waals surface area (Å²) in [6.45, 7) is 11.8. The molecule has 1 spiro atoms. The second-order valence-electron chi connectivity index (χ2n) is 8.71. The molecule has 0 unspecified atom stereocenters. The van der Waals surface area contributed by atoms with E-state index >= 15 is 0 Å². The molecule has 0 N–H and O–H groups in total. The van der Waals surface area contributed by atoms with E-state index < -0.39 is 18.0 Å². The van der Waals surface area contributed by atoms with Crippen LogP contribution in [0.3, 0.4) is 0 Å². The Morgan fingerprint density at radius 3 is 1.88 bits per heavy atom. The fourth-order valence-electron chi connectivity index (χ4n) is 3.58. The van der Waals surface area contributed by atoms with Gasteiger partial charge in [0.25, 0.3) is 5.97 Å². The van der Waals surface area contributed by atoms with Gasteiger partial charge in [-0.15, -0.1) is 5.47 Å². The maximum absolute atomic E-state index is 12.8. The summed E-state index contributed by atoms with van der Waals surface area (Å²) in [4.78, 5) is 12.8. The number of carbonyl (C=O) groups is 1. The zero-order valence-corrected chi connectivity index (χ0v) is 15.6. The number of hydrogen-bond acceptors (Lipinski definition) is 4. The molecule has 1 aromatic carbocycles. The highest BCUT2D eigenvalue weighted by Gasteiger charge is 2.61. The lowest BCUT2D eigenvalue weighted by Crippen LogP contribution is -2.46. The lowest BCUT2D eigenvalue weighted by molar-refractivity contribution is -0.130. The summed E-state index contributed by atoms with van der Waals surface area (Å²) in [5.74, 6) is -0.375. The number of allylic oxidation sites excluding steroid dienone is 1. The Kier molecular flexibility index (Phi) is 3.56. The Bertz CT molecular complexity index is 695. The number of hydrogen-bond donors (Lipinski definition) is 0. The highest BCUT2D eigenvalue weighted by molar-refractivity contribution is 6.77. The lowest BCUT2D eigenvalue weighted by Gasteiger charge is -2.40. The summed E-state index contributed by atoms with van der Waals surface area (Å²) in [5.41, 5.74) is 0.717. The molecule has 24 heavy (non-hydrogen) atoms. The Labute approximate surface area is 144 Å². The van der Waals surface area contributed by atoms with Gasteiger partial charge in [-0.25, -0.2) is 0 Å². The van der Waals surface area contributed by atoms with Crippen LogP contribution < -0.4 is 0 Å². The van der Waals surface area contributed by atoms with Crippen molar-refractivity contribution in [3.63, 3.8) is 0 Å². The molecule has 2 aliphatic rings. The molecular weight excluding hydrogens is 303 g/mol. The van der Waals surface area contributed by atoms with Gasteiger partial charge < -0.3 is 14.0 Å². The summed E-state index contributed by atoms with van der Waals surface area (Å²) in [6.07, 6.45) is 0. The average Bonchev–Trinajstić information content (AvgIpc) is 2.79. The third kappa shape index (κ3) is 2.42. The minimum absolute atomic E-state index is 0.339. The van der Waals surface area contributed by atoms with Crippen LogP contribution >= 0.6 is 0 Å². The van der Waals surface area contributed by atoms with E-state index in [1.807, 2.05) is 58.0 Å². The number of benzene rings is 1. The van der Waals surface area contributed by atoms with Crippen molar-refractivity contribution in [1.82, 2.24) is 0 Å². The largest absolute Gasteiger partial charge is 0.636 e. The molecule has 0 radical (unpaired) electrons. The quantitative estimate of drug-likeness (QED) is 0.727. The molecule has 0 amide bonds. The zero-order chi connectivity index (χ0) is 18.0. The Hall–Kier alpha value is -1.59. The molecule has 2 aliphatic heterocycles. The third-order valence-corrected chi connectivity index (χ3v) is 5.31. The lowest BCUT2D eigenvalue weighted by atomic mass is 9.57. The molecule has 5 heteroatoms. The van der Waals surface area contributed by atoms with Crippen molar-refractivity contribution >= 4 is 18.3 Å². The molecule has 0 atom stereocenters. The van der Waals surface area contributed by atoms with Crippen molar-refractivity contribution in [3.8, 4) is 0 Å². The van der Waals surface area contributed by atoms with Gasteiger partial charge in [0.05, 0.1) is 0 Å². The first kappa shape index (κ1) is 17.2. The smallest absolute Gasteiger partial charge is 0.466 e. The predicted molar refractivity (Wildman–Crippen MR) is 95.0 cm³/mol. The van der Waals surface area contributed by atoms with E-state index in [1.54, 1.807) is 0 Å². The number of rotatable bonds is 1. The Balaban J connectivity index is 2.24. The van der Waals surface area contributed by atoms with E-state index in [1.165, 1.54) is 0 Å². The molecule has 0 bridgehead atoms. The van der Waals surface area contributed by atoms with E-state index in [0.29, 0.717) is 5.57 Å². The van der Waals surface area contributed by atoms with Gasteiger partial charge in [0.15, 0.2) is 0 Å². The molecule has 3 rings (SSSR count). The van der Waals surface area contributed by atoms with Gasteiger partial charge in [-0.05, 0) is 38.7 Å². The van der Waals surface area contributed by atoms with Gasteiger partial charge in [0.1, 0.15) is 0 Å². The minimum Gasteiger partial charge on any atom is -0.636 e. The van der Waals surface area contributed by atoms with Crippen molar-refractivity contribution in [1.29, 1.82) is 0 Å². The maximum atomic E-state index is 12.8. The van der Waals surface area contributed by atoms with Gasteiger partial charge >= 0.3 is 6.75 Å². The summed E-state index contributed by atoms with van der Waals surface area (Å²) >= 11 is 0. The first-order valence-electron chi connectivity index (χ1n) is 8.47. The maximum Gasteiger partial charge on any atom is 0.466 e. The topological polar surface area (TPSA) is 44.8 Å². The molecule has 130 valence electrons. The molecule has 2 heterocycles. The third-order valence-electron chi connectivity index (χ3n) is 5.31. The molecule has 4 nitrogen and oxygen atoms in total. The monoisotopic (exact) mass is 329 g/mol. The van der Waals surface area contributed by atoms with Crippen LogP contribution in [-0.2, 0) is 18.8 Å². The zero-order valence-electron chi connectivity index (χ0n) is 15.6. The van der Waals surface area contributed by atoms with E-state index in [2.05, 4.69) is 20.8 Å². The van der Waals surface area contributed by atoms with Crippen LogP contribution in [0.2, 0.25) is 0 Å². The predicted octanol–water partition coefficient (Wildman–Crippen LogP) is 4.13. The van der Waals surface area contributed by atoms with Gasteiger partial charge in [-0.2, -0.15) is 0 Å². The first-order valence-corrected chi connectivity index (χ1v) is 8.47. The van der Waals surface area contributed by atoms with E-state index in [-0.39, 0.29) is 11.4 Å². The van der Waals surface area contributed by atoms with Crippen LogP contribution in [-0.4, -0.2) is 23.9 Å². The van der Waals surface area contributed by atoms with E-state index in [4.69, 9.17) is 14.0 Å². The van der Waals surface area contributed by atoms with Crippen LogP contribution in [0.1, 0.15) is 54.0 Å². The molecule has 0 aliphatic carbocycles. The van der Waals surface area contributed by atoms with Crippen LogP contribution in [0.4, 0.5) is 0 Å². The molecular formula is C19H26BO4-. The van der Waals surface area contributed by atoms with Gasteiger partial charge in [-0.3, -0.25) is 4.79 Å². The minimum atomic E-state index is -2.28. The van der Waals surface area contributed by atoms with Crippen molar-refractivity contribution in [2.24, 2.45) is 5.41 Å². The van der Waals surface area contributed by atoms with Crippen molar-refractivity contribution in [3.05, 3.63) is 41.4 Å². The van der Waals surface area contributed by atoms with Crippen LogP contribution in [0, 0.1) is 5.41 Å². The molecule has 0 saturated carbocycles. The average molecular weight is 329 g/mol. The highest BCUT2D eigenvalue weighted by atomic mass is 16.8. The second kappa shape index (κ2) is 4.96. The fraction of sp³-hybridized carbons (Fsp3) is 0.526. The summed E-state index contributed by atoms with van der Waals surface area (Å²) < 4.78 is 18.4.